The number of benzene rings is 1. The van der Waals surface area contributed by atoms with Gasteiger partial charge in [-0.05, 0) is 30.5 Å². The summed E-state index contributed by atoms with van der Waals surface area (Å²) in [6.07, 6.45) is 4.29. The van der Waals surface area contributed by atoms with Crippen LogP contribution in [0.3, 0.4) is 0 Å². The molecule has 1 aliphatic carbocycles. The van der Waals surface area contributed by atoms with Crippen molar-refractivity contribution in [1.29, 1.82) is 0 Å². The number of nitrogens with one attached hydrogen (secondary N) is 1. The second kappa shape index (κ2) is 5.16. The maximum absolute atomic E-state index is 12.3. The van der Waals surface area contributed by atoms with Gasteiger partial charge in [0.15, 0.2) is 0 Å². The Morgan fingerprint density at radius 3 is 2.42 bits per heavy atom. The Morgan fingerprint density at radius 2 is 1.89 bits per heavy atom. The van der Waals surface area contributed by atoms with Gasteiger partial charge in [-0.25, -0.2) is 0 Å². The lowest BCUT2D eigenvalue weighted by Crippen LogP contribution is -2.48. The number of hydrogen-bond donors (Lipinski definition) is 1. The summed E-state index contributed by atoms with van der Waals surface area (Å²) in [5, 5.41) is 4.01. The molecule has 0 spiro atoms. The molecular formula is C16H22ClNO. The highest BCUT2D eigenvalue weighted by Gasteiger charge is 2.39. The third-order valence-electron chi connectivity index (χ3n) is 3.87. The molecule has 1 saturated carbocycles. The number of carbonyl (C=O) groups is 1. The Labute approximate surface area is 120 Å². The molecule has 1 aromatic rings. The maximum atomic E-state index is 12.3. The topological polar surface area (TPSA) is 29.1 Å². The van der Waals surface area contributed by atoms with Gasteiger partial charge in [-0.1, -0.05) is 57.3 Å². The highest BCUT2D eigenvalue weighted by atomic mass is 35.5. The quantitative estimate of drug-likeness (QED) is 0.860. The van der Waals surface area contributed by atoms with Crippen LogP contribution in [0.15, 0.2) is 24.3 Å². The van der Waals surface area contributed by atoms with Gasteiger partial charge in [0.2, 0.25) is 5.91 Å². The van der Waals surface area contributed by atoms with E-state index in [1.165, 1.54) is 0 Å². The van der Waals surface area contributed by atoms with E-state index in [-0.39, 0.29) is 16.9 Å². The van der Waals surface area contributed by atoms with E-state index in [9.17, 15) is 4.79 Å². The first-order chi connectivity index (χ1) is 8.83. The molecule has 3 heteroatoms. The lowest BCUT2D eigenvalue weighted by atomic mass is 9.85. The van der Waals surface area contributed by atoms with Crippen LogP contribution < -0.4 is 5.32 Å². The van der Waals surface area contributed by atoms with Crippen molar-refractivity contribution >= 4 is 17.5 Å². The summed E-state index contributed by atoms with van der Waals surface area (Å²) in [5.74, 6) is 0.106. The van der Waals surface area contributed by atoms with Gasteiger partial charge in [0.05, 0.1) is 5.54 Å². The Hall–Kier alpha value is -1.02. The van der Waals surface area contributed by atoms with E-state index in [2.05, 4.69) is 11.4 Å². The summed E-state index contributed by atoms with van der Waals surface area (Å²) in [6.45, 7) is 5.84. The fourth-order valence-electron chi connectivity index (χ4n) is 2.66. The molecule has 0 radical (unpaired) electrons. The van der Waals surface area contributed by atoms with Crippen molar-refractivity contribution in [3.05, 3.63) is 34.9 Å². The van der Waals surface area contributed by atoms with Gasteiger partial charge in [0.1, 0.15) is 0 Å². The lowest BCUT2D eigenvalue weighted by Gasteiger charge is -2.34. The van der Waals surface area contributed by atoms with Crippen molar-refractivity contribution in [2.24, 2.45) is 5.41 Å². The molecule has 19 heavy (non-hydrogen) atoms. The van der Waals surface area contributed by atoms with Crippen LogP contribution >= 0.6 is 11.6 Å². The third-order valence-corrected chi connectivity index (χ3v) is 4.10. The van der Waals surface area contributed by atoms with Crippen LogP contribution in [0.4, 0.5) is 0 Å². The smallest absolute Gasteiger partial charge is 0.226 e. The highest BCUT2D eigenvalue weighted by Crippen LogP contribution is 2.40. The fraction of sp³-hybridized carbons (Fsp3) is 0.562. The van der Waals surface area contributed by atoms with Crippen molar-refractivity contribution < 1.29 is 4.79 Å². The van der Waals surface area contributed by atoms with Gasteiger partial charge in [-0.2, -0.15) is 0 Å². The Kier molecular flexibility index (Phi) is 3.91. The zero-order chi connectivity index (χ0) is 14.1. The molecule has 0 atom stereocenters. The van der Waals surface area contributed by atoms with E-state index in [1.54, 1.807) is 0 Å². The summed E-state index contributed by atoms with van der Waals surface area (Å²) >= 11 is 6.10. The highest BCUT2D eigenvalue weighted by molar-refractivity contribution is 6.30. The van der Waals surface area contributed by atoms with Crippen LogP contribution in [0.1, 0.15) is 52.0 Å². The third kappa shape index (κ3) is 3.11. The number of halogens is 1. The largest absolute Gasteiger partial charge is 0.346 e. The van der Waals surface area contributed by atoms with Crippen LogP contribution in [0.25, 0.3) is 0 Å². The van der Waals surface area contributed by atoms with Crippen LogP contribution in [0, 0.1) is 5.41 Å². The predicted octanol–water partition coefficient (Wildman–Crippen LogP) is 4.27. The molecule has 2 nitrogen and oxygen atoms in total. The predicted molar refractivity (Wildman–Crippen MR) is 79.2 cm³/mol. The summed E-state index contributed by atoms with van der Waals surface area (Å²) in [6, 6.07) is 7.89. The zero-order valence-electron chi connectivity index (χ0n) is 11.9. The molecule has 0 saturated heterocycles. The molecule has 1 aromatic carbocycles. The molecule has 0 unspecified atom stereocenters. The molecule has 0 heterocycles. The summed E-state index contributed by atoms with van der Waals surface area (Å²) in [7, 11) is 0. The number of carbonyl (C=O) groups excluding carboxylic acids is 1. The first kappa shape index (κ1) is 14.4. The van der Waals surface area contributed by atoms with Crippen LogP contribution in [0.2, 0.25) is 5.02 Å². The van der Waals surface area contributed by atoms with E-state index in [0.29, 0.717) is 0 Å². The zero-order valence-corrected chi connectivity index (χ0v) is 12.7. The van der Waals surface area contributed by atoms with Gasteiger partial charge < -0.3 is 5.32 Å². The molecular weight excluding hydrogens is 258 g/mol. The Morgan fingerprint density at radius 1 is 1.26 bits per heavy atom. The molecule has 1 aliphatic rings. The first-order valence-corrected chi connectivity index (χ1v) is 7.30. The average molecular weight is 280 g/mol. The van der Waals surface area contributed by atoms with Gasteiger partial charge >= 0.3 is 0 Å². The Balaban J connectivity index is 2.31. The minimum absolute atomic E-state index is 0.106. The molecule has 1 amide bonds. The molecule has 2 rings (SSSR count). The van der Waals surface area contributed by atoms with Crippen LogP contribution in [0.5, 0.6) is 0 Å². The first-order valence-electron chi connectivity index (χ1n) is 6.92. The van der Waals surface area contributed by atoms with E-state index < -0.39 is 0 Å². The van der Waals surface area contributed by atoms with Crippen molar-refractivity contribution in [3.8, 4) is 0 Å². The second-order valence-corrected chi connectivity index (χ2v) is 6.94. The standard InChI is InChI=1S/C16H22ClNO/c1-15(2,3)14(19)18-16(9-4-5-10-16)12-7-6-8-13(17)11-12/h6-8,11H,4-5,9-10H2,1-3H3,(H,18,19). The van der Waals surface area contributed by atoms with Gasteiger partial charge in [0.25, 0.3) is 0 Å². The van der Waals surface area contributed by atoms with E-state index in [0.717, 1.165) is 36.3 Å². The maximum Gasteiger partial charge on any atom is 0.226 e. The molecule has 104 valence electrons. The minimum atomic E-state index is -0.367. The van der Waals surface area contributed by atoms with E-state index in [1.807, 2.05) is 39.0 Å². The van der Waals surface area contributed by atoms with Crippen molar-refractivity contribution in [3.63, 3.8) is 0 Å². The van der Waals surface area contributed by atoms with Gasteiger partial charge in [-0.3, -0.25) is 4.79 Å². The second-order valence-electron chi connectivity index (χ2n) is 6.50. The number of rotatable bonds is 2. The lowest BCUT2D eigenvalue weighted by molar-refractivity contribution is -0.130. The van der Waals surface area contributed by atoms with Crippen LogP contribution in [-0.4, -0.2) is 5.91 Å². The average Bonchev–Trinajstić information content (AvgIpc) is 2.77. The normalized spacial score (nSPS) is 18.3. The van der Waals surface area contributed by atoms with Crippen molar-refractivity contribution in [2.75, 3.05) is 0 Å². The summed E-state index contributed by atoms with van der Waals surface area (Å²) in [4.78, 5) is 12.3. The molecule has 0 bridgehead atoms. The molecule has 1 fully saturated rings. The van der Waals surface area contributed by atoms with E-state index in [4.69, 9.17) is 11.6 Å². The number of hydrogen-bond acceptors (Lipinski definition) is 1. The van der Waals surface area contributed by atoms with Crippen LogP contribution in [-0.2, 0) is 10.3 Å². The van der Waals surface area contributed by atoms with Crippen molar-refractivity contribution in [1.82, 2.24) is 5.32 Å². The Bertz CT molecular complexity index is 470. The SMILES string of the molecule is CC(C)(C)C(=O)NC1(c2cccc(Cl)c2)CCCC1. The number of amides is 1. The van der Waals surface area contributed by atoms with Crippen molar-refractivity contribution in [2.45, 2.75) is 52.0 Å². The molecule has 1 N–H and O–H groups in total. The fourth-order valence-corrected chi connectivity index (χ4v) is 2.85. The monoisotopic (exact) mass is 279 g/mol. The minimum Gasteiger partial charge on any atom is -0.346 e. The van der Waals surface area contributed by atoms with Gasteiger partial charge in [-0.15, -0.1) is 0 Å². The summed E-state index contributed by atoms with van der Waals surface area (Å²) in [5.41, 5.74) is 0.541. The molecule has 0 aliphatic heterocycles. The molecule has 0 aromatic heterocycles. The summed E-state index contributed by atoms with van der Waals surface area (Å²) < 4.78 is 0. The van der Waals surface area contributed by atoms with Gasteiger partial charge in [0, 0.05) is 10.4 Å². The van der Waals surface area contributed by atoms with E-state index >= 15 is 0 Å².